The predicted molar refractivity (Wildman–Crippen MR) is 53.0 cm³/mol. The van der Waals surface area contributed by atoms with Crippen LogP contribution in [0.1, 0.15) is 26.2 Å². The summed E-state index contributed by atoms with van der Waals surface area (Å²) in [4.78, 5) is 11.2. The van der Waals surface area contributed by atoms with Gasteiger partial charge in [0.05, 0.1) is 18.2 Å². The monoisotopic (exact) mass is 198 g/mol. The zero-order valence-electron chi connectivity index (χ0n) is 8.58. The van der Waals surface area contributed by atoms with Crippen molar-refractivity contribution in [1.82, 2.24) is 10.6 Å². The number of carbonyl (C=O) groups is 1. The largest absolute Gasteiger partial charge is 0.374 e. The maximum Gasteiger partial charge on any atom is 0.237 e. The summed E-state index contributed by atoms with van der Waals surface area (Å²) in [5.74, 6) is 0.135. The molecule has 0 aromatic rings. The first-order chi connectivity index (χ1) is 6.75. The Kier molecular flexibility index (Phi) is 3.03. The number of rotatable bonds is 3. The van der Waals surface area contributed by atoms with Gasteiger partial charge in [-0.1, -0.05) is 0 Å². The van der Waals surface area contributed by atoms with E-state index in [1.54, 1.807) is 0 Å². The van der Waals surface area contributed by atoms with Crippen molar-refractivity contribution in [3.63, 3.8) is 0 Å². The molecule has 2 aliphatic rings. The number of ether oxygens (including phenoxy) is 1. The highest BCUT2D eigenvalue weighted by atomic mass is 16.5. The second-order valence-electron chi connectivity index (χ2n) is 4.19. The molecule has 4 nitrogen and oxygen atoms in total. The maximum atomic E-state index is 11.2. The van der Waals surface area contributed by atoms with Crippen LogP contribution in [0.5, 0.6) is 0 Å². The molecule has 14 heavy (non-hydrogen) atoms. The molecule has 2 fully saturated rings. The van der Waals surface area contributed by atoms with E-state index < -0.39 is 0 Å². The second kappa shape index (κ2) is 4.28. The average molecular weight is 198 g/mol. The molecular weight excluding hydrogens is 180 g/mol. The Bertz CT molecular complexity index is 220. The molecule has 0 aliphatic carbocycles. The summed E-state index contributed by atoms with van der Waals surface area (Å²) >= 11 is 0. The molecule has 0 radical (unpaired) electrons. The molecule has 3 unspecified atom stereocenters. The molecule has 0 saturated carbocycles. The predicted octanol–water partition coefficient (Wildman–Crippen LogP) is 0.0320. The molecule has 2 rings (SSSR count). The van der Waals surface area contributed by atoms with Gasteiger partial charge in [0, 0.05) is 13.1 Å². The van der Waals surface area contributed by atoms with Crippen molar-refractivity contribution in [2.24, 2.45) is 0 Å². The Morgan fingerprint density at radius 1 is 1.50 bits per heavy atom. The van der Waals surface area contributed by atoms with Crippen LogP contribution in [-0.4, -0.2) is 37.2 Å². The minimum Gasteiger partial charge on any atom is -0.374 e. The number of hydrogen-bond donors (Lipinski definition) is 2. The number of amides is 1. The van der Waals surface area contributed by atoms with Gasteiger partial charge in [0.25, 0.3) is 0 Å². The fraction of sp³-hybridized carbons (Fsp3) is 0.900. The highest BCUT2D eigenvalue weighted by Crippen LogP contribution is 2.18. The minimum atomic E-state index is 0.00880. The van der Waals surface area contributed by atoms with Crippen LogP contribution in [0.25, 0.3) is 0 Å². The van der Waals surface area contributed by atoms with Crippen LogP contribution in [0.4, 0.5) is 0 Å². The number of hydrogen-bond acceptors (Lipinski definition) is 3. The van der Waals surface area contributed by atoms with Crippen LogP contribution in [0.2, 0.25) is 0 Å². The Morgan fingerprint density at radius 2 is 2.36 bits per heavy atom. The molecular formula is C10H18N2O2. The van der Waals surface area contributed by atoms with Crippen LogP contribution >= 0.6 is 0 Å². The quantitative estimate of drug-likeness (QED) is 0.673. The lowest BCUT2D eigenvalue weighted by Gasteiger charge is -2.14. The van der Waals surface area contributed by atoms with E-state index in [1.807, 2.05) is 0 Å². The van der Waals surface area contributed by atoms with Gasteiger partial charge in [-0.15, -0.1) is 0 Å². The third-order valence-corrected chi connectivity index (χ3v) is 2.96. The van der Waals surface area contributed by atoms with Crippen LogP contribution in [-0.2, 0) is 9.53 Å². The smallest absolute Gasteiger partial charge is 0.237 e. The van der Waals surface area contributed by atoms with Gasteiger partial charge in [-0.05, 0) is 26.2 Å². The van der Waals surface area contributed by atoms with Crippen molar-refractivity contribution in [2.75, 3.05) is 13.1 Å². The Balaban J connectivity index is 1.69. The van der Waals surface area contributed by atoms with Crippen LogP contribution in [0.3, 0.4) is 0 Å². The zero-order chi connectivity index (χ0) is 9.97. The standard InChI is InChI=1S/C10H18N2O2/c1-7-2-3-8(14-7)6-12-9-4-5-11-10(9)13/h7-9,12H,2-6H2,1H3,(H,11,13). The number of carbonyl (C=O) groups excluding carboxylic acids is 1. The Hall–Kier alpha value is -0.610. The fourth-order valence-electron chi connectivity index (χ4n) is 2.10. The summed E-state index contributed by atoms with van der Waals surface area (Å²) in [5.41, 5.74) is 0. The van der Waals surface area contributed by atoms with E-state index in [4.69, 9.17) is 4.74 Å². The summed E-state index contributed by atoms with van der Waals surface area (Å²) in [7, 11) is 0. The molecule has 2 heterocycles. The van der Waals surface area contributed by atoms with Crippen LogP contribution < -0.4 is 10.6 Å². The lowest BCUT2D eigenvalue weighted by molar-refractivity contribution is -0.120. The van der Waals surface area contributed by atoms with Gasteiger partial charge in [0.1, 0.15) is 0 Å². The summed E-state index contributed by atoms with van der Waals surface area (Å²) < 4.78 is 5.66. The molecule has 4 heteroatoms. The van der Waals surface area contributed by atoms with Crippen molar-refractivity contribution in [3.05, 3.63) is 0 Å². The van der Waals surface area contributed by atoms with Gasteiger partial charge in [-0.25, -0.2) is 0 Å². The van der Waals surface area contributed by atoms with E-state index in [0.29, 0.717) is 12.2 Å². The van der Waals surface area contributed by atoms with E-state index in [0.717, 1.165) is 32.4 Å². The molecule has 2 saturated heterocycles. The van der Waals surface area contributed by atoms with Gasteiger partial charge in [-0.2, -0.15) is 0 Å². The summed E-state index contributed by atoms with van der Waals surface area (Å²) in [6.45, 7) is 3.71. The van der Waals surface area contributed by atoms with Crippen molar-refractivity contribution in [1.29, 1.82) is 0 Å². The third-order valence-electron chi connectivity index (χ3n) is 2.96. The fourth-order valence-corrected chi connectivity index (χ4v) is 2.10. The van der Waals surface area contributed by atoms with E-state index in [9.17, 15) is 4.79 Å². The molecule has 2 aliphatic heterocycles. The molecule has 2 N–H and O–H groups in total. The second-order valence-corrected chi connectivity index (χ2v) is 4.19. The van der Waals surface area contributed by atoms with Gasteiger partial charge >= 0.3 is 0 Å². The lowest BCUT2D eigenvalue weighted by Crippen LogP contribution is -2.40. The van der Waals surface area contributed by atoms with Gasteiger partial charge < -0.3 is 15.4 Å². The third kappa shape index (κ3) is 2.25. The number of nitrogens with one attached hydrogen (secondary N) is 2. The molecule has 3 atom stereocenters. The van der Waals surface area contributed by atoms with Crippen molar-refractivity contribution in [3.8, 4) is 0 Å². The first kappa shape index (κ1) is 9.93. The Morgan fingerprint density at radius 3 is 2.93 bits per heavy atom. The molecule has 0 spiro atoms. The van der Waals surface area contributed by atoms with Crippen molar-refractivity contribution in [2.45, 2.75) is 44.4 Å². The maximum absolute atomic E-state index is 11.2. The van der Waals surface area contributed by atoms with Crippen molar-refractivity contribution < 1.29 is 9.53 Å². The molecule has 0 bridgehead atoms. The summed E-state index contributed by atoms with van der Waals surface area (Å²) in [5, 5.41) is 6.07. The normalized spacial score (nSPS) is 37.5. The average Bonchev–Trinajstić information content (AvgIpc) is 2.72. The molecule has 1 amide bonds. The van der Waals surface area contributed by atoms with Gasteiger partial charge in [0.15, 0.2) is 0 Å². The molecule has 0 aromatic carbocycles. The van der Waals surface area contributed by atoms with E-state index >= 15 is 0 Å². The first-order valence-electron chi connectivity index (χ1n) is 5.42. The minimum absolute atomic E-state index is 0.00880. The van der Waals surface area contributed by atoms with Gasteiger partial charge in [-0.3, -0.25) is 4.79 Å². The van der Waals surface area contributed by atoms with E-state index in [-0.39, 0.29) is 11.9 Å². The summed E-state index contributed by atoms with van der Waals surface area (Å²) in [6.07, 6.45) is 3.85. The van der Waals surface area contributed by atoms with Crippen molar-refractivity contribution >= 4 is 5.91 Å². The van der Waals surface area contributed by atoms with Crippen LogP contribution in [0.15, 0.2) is 0 Å². The highest BCUT2D eigenvalue weighted by Gasteiger charge is 2.26. The van der Waals surface area contributed by atoms with E-state index in [2.05, 4.69) is 17.6 Å². The first-order valence-corrected chi connectivity index (χ1v) is 5.42. The lowest BCUT2D eigenvalue weighted by atomic mass is 10.2. The zero-order valence-corrected chi connectivity index (χ0v) is 8.58. The SMILES string of the molecule is CC1CCC(CNC2CCNC2=O)O1. The molecule has 0 aromatic heterocycles. The Labute approximate surface area is 84.4 Å². The topological polar surface area (TPSA) is 50.4 Å². The van der Waals surface area contributed by atoms with Gasteiger partial charge in [0.2, 0.25) is 5.91 Å². The highest BCUT2D eigenvalue weighted by molar-refractivity contribution is 5.83. The molecule has 80 valence electrons. The van der Waals surface area contributed by atoms with Crippen LogP contribution in [0, 0.1) is 0 Å². The van der Waals surface area contributed by atoms with E-state index in [1.165, 1.54) is 0 Å². The summed E-state index contributed by atoms with van der Waals surface area (Å²) in [6, 6.07) is 0.00880.